The average Bonchev–Trinajstić information content (AvgIpc) is 3.14. The first-order valence-corrected chi connectivity index (χ1v) is 10.6. The first-order valence-electron chi connectivity index (χ1n) is 10.2. The molecule has 0 unspecified atom stereocenters. The van der Waals surface area contributed by atoms with Gasteiger partial charge in [-0.3, -0.25) is 0 Å². The number of hydrogen-bond donors (Lipinski definition) is 1. The van der Waals surface area contributed by atoms with Gasteiger partial charge in [-0.1, -0.05) is 23.7 Å². The summed E-state index contributed by atoms with van der Waals surface area (Å²) in [5, 5.41) is 17.4. The third-order valence-electron chi connectivity index (χ3n) is 5.32. The molecular formula is C23H23ClN6O. The SMILES string of the molecule is N#Cc1ccccc1N1CCCN(C(=O)NCc2cnn(-c3ccc(Cl)cc3)c2)CC1. The van der Waals surface area contributed by atoms with E-state index in [-0.39, 0.29) is 6.03 Å². The summed E-state index contributed by atoms with van der Waals surface area (Å²) in [5.41, 5.74) is 3.43. The van der Waals surface area contributed by atoms with Gasteiger partial charge in [0.05, 0.1) is 23.1 Å². The monoisotopic (exact) mass is 434 g/mol. The Morgan fingerprint density at radius 3 is 2.71 bits per heavy atom. The second kappa shape index (κ2) is 9.54. The largest absolute Gasteiger partial charge is 0.369 e. The second-order valence-electron chi connectivity index (χ2n) is 7.38. The molecule has 4 rings (SSSR count). The van der Waals surface area contributed by atoms with Crippen molar-refractivity contribution in [3.63, 3.8) is 0 Å². The molecule has 1 saturated heterocycles. The number of benzene rings is 2. The molecule has 0 spiro atoms. The van der Waals surface area contributed by atoms with E-state index >= 15 is 0 Å². The van der Waals surface area contributed by atoms with Gasteiger partial charge in [-0.05, 0) is 42.8 Å². The molecule has 2 amide bonds. The van der Waals surface area contributed by atoms with Crippen LogP contribution < -0.4 is 10.2 Å². The third-order valence-corrected chi connectivity index (χ3v) is 5.57. The van der Waals surface area contributed by atoms with Crippen molar-refractivity contribution in [1.82, 2.24) is 20.0 Å². The van der Waals surface area contributed by atoms with Crippen molar-refractivity contribution in [2.24, 2.45) is 0 Å². The van der Waals surface area contributed by atoms with Crippen molar-refractivity contribution >= 4 is 23.3 Å². The highest BCUT2D eigenvalue weighted by molar-refractivity contribution is 6.30. The average molecular weight is 435 g/mol. The van der Waals surface area contributed by atoms with E-state index in [9.17, 15) is 10.1 Å². The first kappa shape index (κ1) is 20.8. The molecule has 7 nitrogen and oxygen atoms in total. The van der Waals surface area contributed by atoms with E-state index in [2.05, 4.69) is 21.4 Å². The highest BCUT2D eigenvalue weighted by Crippen LogP contribution is 2.21. The number of rotatable bonds is 4. The molecule has 0 saturated carbocycles. The Bertz CT molecular complexity index is 1090. The van der Waals surface area contributed by atoms with E-state index in [0.29, 0.717) is 36.8 Å². The van der Waals surface area contributed by atoms with Crippen LogP contribution in [0.4, 0.5) is 10.5 Å². The van der Waals surface area contributed by atoms with Crippen molar-refractivity contribution in [1.29, 1.82) is 5.26 Å². The van der Waals surface area contributed by atoms with Gasteiger partial charge in [-0.25, -0.2) is 9.48 Å². The molecule has 0 atom stereocenters. The topological polar surface area (TPSA) is 77.2 Å². The smallest absolute Gasteiger partial charge is 0.317 e. The normalized spacial score (nSPS) is 14.1. The molecule has 0 bridgehead atoms. The van der Waals surface area contributed by atoms with Crippen molar-refractivity contribution < 1.29 is 4.79 Å². The maximum absolute atomic E-state index is 12.7. The van der Waals surface area contributed by atoms with Crippen molar-refractivity contribution in [2.75, 3.05) is 31.1 Å². The van der Waals surface area contributed by atoms with E-state index < -0.39 is 0 Å². The standard InChI is InChI=1S/C23H23ClN6O/c24-20-6-8-21(9-7-20)30-17-18(16-27-30)15-26-23(31)29-11-3-10-28(12-13-29)22-5-2-1-4-19(22)14-25/h1-2,4-9,16-17H,3,10-13,15H2,(H,26,31). The summed E-state index contributed by atoms with van der Waals surface area (Å²) in [4.78, 5) is 16.7. The summed E-state index contributed by atoms with van der Waals surface area (Å²) in [7, 11) is 0. The number of anilines is 1. The molecule has 1 fully saturated rings. The lowest BCUT2D eigenvalue weighted by Gasteiger charge is -2.24. The molecule has 1 aromatic heterocycles. The fraction of sp³-hybridized carbons (Fsp3) is 0.261. The van der Waals surface area contributed by atoms with Crippen LogP contribution in [0.15, 0.2) is 60.9 Å². The molecule has 2 heterocycles. The highest BCUT2D eigenvalue weighted by atomic mass is 35.5. The zero-order valence-electron chi connectivity index (χ0n) is 17.0. The summed E-state index contributed by atoms with van der Waals surface area (Å²) in [6, 6.07) is 17.2. The van der Waals surface area contributed by atoms with Crippen molar-refractivity contribution in [2.45, 2.75) is 13.0 Å². The molecule has 3 aromatic rings. The Balaban J connectivity index is 1.32. The lowest BCUT2D eigenvalue weighted by molar-refractivity contribution is 0.201. The third kappa shape index (κ3) is 4.98. The highest BCUT2D eigenvalue weighted by Gasteiger charge is 2.20. The van der Waals surface area contributed by atoms with Crippen LogP contribution in [-0.4, -0.2) is 46.9 Å². The van der Waals surface area contributed by atoms with Gasteiger partial charge >= 0.3 is 6.03 Å². The number of carbonyl (C=O) groups excluding carboxylic acids is 1. The van der Waals surface area contributed by atoms with E-state index in [4.69, 9.17) is 11.6 Å². The van der Waals surface area contributed by atoms with Crippen molar-refractivity contribution in [3.05, 3.63) is 77.1 Å². The molecule has 0 radical (unpaired) electrons. The molecular weight excluding hydrogens is 412 g/mol. The van der Waals surface area contributed by atoms with Gasteiger partial charge in [0, 0.05) is 49.5 Å². The maximum Gasteiger partial charge on any atom is 0.317 e. The Morgan fingerprint density at radius 2 is 1.90 bits per heavy atom. The van der Waals surface area contributed by atoms with Crippen molar-refractivity contribution in [3.8, 4) is 11.8 Å². The minimum Gasteiger partial charge on any atom is -0.369 e. The summed E-state index contributed by atoms with van der Waals surface area (Å²) in [5.74, 6) is 0. The van der Waals surface area contributed by atoms with Crippen LogP contribution in [0, 0.1) is 11.3 Å². The lowest BCUT2D eigenvalue weighted by Crippen LogP contribution is -2.41. The lowest BCUT2D eigenvalue weighted by atomic mass is 10.1. The fourth-order valence-electron chi connectivity index (χ4n) is 3.68. The Labute approximate surface area is 186 Å². The van der Waals surface area contributed by atoms with Gasteiger partial charge in [-0.15, -0.1) is 0 Å². The summed E-state index contributed by atoms with van der Waals surface area (Å²) < 4.78 is 1.76. The minimum absolute atomic E-state index is 0.0883. The number of nitrogens with zero attached hydrogens (tertiary/aromatic N) is 5. The molecule has 1 aliphatic heterocycles. The van der Waals surface area contributed by atoms with Crippen LogP contribution in [0.5, 0.6) is 0 Å². The number of amides is 2. The number of halogens is 1. The summed E-state index contributed by atoms with van der Waals surface area (Å²) in [6.45, 7) is 3.21. The quantitative estimate of drug-likeness (QED) is 0.677. The Hall–Kier alpha value is -3.50. The van der Waals surface area contributed by atoms with Gasteiger partial charge in [0.15, 0.2) is 0 Å². The zero-order valence-corrected chi connectivity index (χ0v) is 17.8. The van der Waals surface area contributed by atoms with Gasteiger partial charge in [0.1, 0.15) is 6.07 Å². The zero-order chi connectivity index (χ0) is 21.6. The first-order chi connectivity index (χ1) is 15.1. The maximum atomic E-state index is 12.7. The summed E-state index contributed by atoms with van der Waals surface area (Å²) >= 11 is 5.93. The predicted octanol–water partition coefficient (Wildman–Crippen LogP) is 3.82. The van der Waals surface area contributed by atoms with E-state index in [0.717, 1.165) is 29.9 Å². The number of nitrogens with one attached hydrogen (secondary N) is 1. The number of carbonyl (C=O) groups is 1. The van der Waals surface area contributed by atoms with Gasteiger partial charge in [0.25, 0.3) is 0 Å². The van der Waals surface area contributed by atoms with E-state index in [1.165, 1.54) is 0 Å². The van der Waals surface area contributed by atoms with Crippen LogP contribution in [0.1, 0.15) is 17.5 Å². The van der Waals surface area contributed by atoms with Crippen LogP contribution in [0.3, 0.4) is 0 Å². The number of hydrogen-bond acceptors (Lipinski definition) is 4. The molecule has 8 heteroatoms. The number of aromatic nitrogens is 2. The van der Waals surface area contributed by atoms with Gasteiger partial charge in [0.2, 0.25) is 0 Å². The number of para-hydroxylation sites is 1. The molecule has 31 heavy (non-hydrogen) atoms. The van der Waals surface area contributed by atoms with Gasteiger partial charge in [-0.2, -0.15) is 10.4 Å². The molecule has 0 aliphatic carbocycles. The summed E-state index contributed by atoms with van der Waals surface area (Å²) in [6.07, 6.45) is 4.49. The van der Waals surface area contributed by atoms with E-state index in [1.54, 1.807) is 10.9 Å². The molecule has 2 aromatic carbocycles. The second-order valence-corrected chi connectivity index (χ2v) is 7.82. The van der Waals surface area contributed by atoms with Crippen LogP contribution in [0.2, 0.25) is 5.02 Å². The Morgan fingerprint density at radius 1 is 1.10 bits per heavy atom. The number of nitriles is 1. The minimum atomic E-state index is -0.0883. The predicted molar refractivity (Wildman–Crippen MR) is 120 cm³/mol. The van der Waals surface area contributed by atoms with Gasteiger partial charge < -0.3 is 15.1 Å². The fourth-order valence-corrected chi connectivity index (χ4v) is 3.81. The van der Waals surface area contributed by atoms with Crippen LogP contribution in [0.25, 0.3) is 5.69 Å². The van der Waals surface area contributed by atoms with E-state index in [1.807, 2.05) is 59.6 Å². The van der Waals surface area contributed by atoms with Crippen LogP contribution in [-0.2, 0) is 6.54 Å². The molecule has 1 aliphatic rings. The molecule has 1 N–H and O–H groups in total. The molecule has 158 valence electrons. The van der Waals surface area contributed by atoms with Crippen LogP contribution >= 0.6 is 11.6 Å². The Kier molecular flexibility index (Phi) is 6.39. The number of urea groups is 1.